The number of nitrogens with two attached hydrogens (primary N) is 1. The molecule has 0 aliphatic carbocycles. The highest BCUT2D eigenvalue weighted by Crippen LogP contribution is 2.20. The number of hydrogen-bond acceptors (Lipinski definition) is 5. The Bertz CT molecular complexity index is 579. The van der Waals surface area contributed by atoms with Crippen molar-refractivity contribution in [2.45, 2.75) is 4.90 Å². The Morgan fingerprint density at radius 3 is 2.57 bits per heavy atom. The zero-order valence-corrected chi connectivity index (χ0v) is 12.7. The fourth-order valence-electron chi connectivity index (χ4n) is 1.45. The first-order valence-electron chi connectivity index (χ1n) is 6.20. The summed E-state index contributed by atoms with van der Waals surface area (Å²) in [6.07, 6.45) is 0. The number of halogens is 2. The quantitative estimate of drug-likeness (QED) is 0.534. The largest absolute Gasteiger partial charge is 0.399 e. The van der Waals surface area contributed by atoms with Crippen LogP contribution in [0.4, 0.5) is 14.5 Å². The van der Waals surface area contributed by atoms with Crippen molar-refractivity contribution in [1.29, 1.82) is 0 Å². The molecule has 0 unspecified atom stereocenters. The number of benzene rings is 1. The fraction of sp³-hybridized carbons (Fsp3) is 0.500. The van der Waals surface area contributed by atoms with E-state index < -0.39 is 26.6 Å². The summed E-state index contributed by atoms with van der Waals surface area (Å²) in [5, 5.41) is 0. The molecule has 0 aliphatic heterocycles. The second-order valence-corrected chi connectivity index (χ2v) is 6.36. The minimum atomic E-state index is -4.17. The molecular formula is C12H19F2N3O3S. The summed E-state index contributed by atoms with van der Waals surface area (Å²) in [6, 6.07) is 1.59. The summed E-state index contributed by atoms with van der Waals surface area (Å²) >= 11 is 0. The van der Waals surface area contributed by atoms with Gasteiger partial charge < -0.3 is 15.4 Å². The van der Waals surface area contributed by atoms with Crippen LogP contribution in [0.25, 0.3) is 0 Å². The Morgan fingerprint density at radius 1 is 1.29 bits per heavy atom. The van der Waals surface area contributed by atoms with Gasteiger partial charge in [0.1, 0.15) is 4.90 Å². The summed E-state index contributed by atoms with van der Waals surface area (Å²) < 4.78 is 57.7. The second-order valence-electron chi connectivity index (χ2n) is 4.63. The summed E-state index contributed by atoms with van der Waals surface area (Å²) in [7, 11) is -0.419. The molecular weight excluding hydrogens is 304 g/mol. The zero-order chi connectivity index (χ0) is 16.0. The van der Waals surface area contributed by atoms with Crippen LogP contribution < -0.4 is 10.5 Å². The van der Waals surface area contributed by atoms with E-state index in [2.05, 4.69) is 4.72 Å². The number of nitrogens with zero attached hydrogens (tertiary/aromatic N) is 1. The molecule has 0 aromatic heterocycles. The first-order valence-corrected chi connectivity index (χ1v) is 7.69. The van der Waals surface area contributed by atoms with E-state index in [1.54, 1.807) is 0 Å². The van der Waals surface area contributed by atoms with Gasteiger partial charge in [-0.2, -0.15) is 0 Å². The monoisotopic (exact) mass is 323 g/mol. The minimum absolute atomic E-state index is 0.0500. The number of nitrogens with one attached hydrogen (secondary N) is 1. The van der Waals surface area contributed by atoms with Gasteiger partial charge in [-0.25, -0.2) is 21.9 Å². The highest BCUT2D eigenvalue weighted by molar-refractivity contribution is 7.89. The van der Waals surface area contributed by atoms with E-state index in [9.17, 15) is 17.2 Å². The van der Waals surface area contributed by atoms with Crippen molar-refractivity contribution >= 4 is 15.7 Å². The number of likely N-dealkylation sites (N-methyl/N-ethyl adjacent to an activating group) is 1. The summed E-state index contributed by atoms with van der Waals surface area (Å²) in [5.74, 6) is -2.76. The third-order valence-corrected chi connectivity index (χ3v) is 3.99. The molecule has 3 N–H and O–H groups in total. The Hall–Kier alpha value is -1.29. The number of rotatable bonds is 8. The molecule has 0 aliphatic rings. The number of sulfonamides is 1. The van der Waals surface area contributed by atoms with Gasteiger partial charge in [-0.1, -0.05) is 0 Å². The molecule has 6 nitrogen and oxygen atoms in total. The maximum Gasteiger partial charge on any atom is 0.243 e. The maximum absolute atomic E-state index is 13.5. The Labute approximate surface area is 122 Å². The average molecular weight is 323 g/mol. The maximum atomic E-state index is 13.5. The molecule has 0 heterocycles. The standard InChI is InChI=1S/C12H19F2N3O3S/c1-17(2)4-6-20-5-3-16-21(18,19)11-8-9(15)7-10(13)12(11)14/h7-8,16H,3-6,15H2,1-2H3. The molecule has 0 saturated carbocycles. The van der Waals surface area contributed by atoms with Crippen molar-refractivity contribution in [2.24, 2.45) is 0 Å². The lowest BCUT2D eigenvalue weighted by atomic mass is 10.3. The molecule has 0 amide bonds. The molecule has 0 bridgehead atoms. The predicted octanol–water partition coefficient (Wildman–Crippen LogP) is 0.403. The van der Waals surface area contributed by atoms with Gasteiger partial charge in [-0.05, 0) is 26.2 Å². The number of ether oxygens (including phenoxy) is 1. The van der Waals surface area contributed by atoms with Gasteiger partial charge in [0.25, 0.3) is 0 Å². The third kappa shape index (κ3) is 5.54. The zero-order valence-electron chi connectivity index (χ0n) is 11.9. The van der Waals surface area contributed by atoms with Crippen molar-refractivity contribution in [3.63, 3.8) is 0 Å². The molecule has 0 atom stereocenters. The van der Waals surface area contributed by atoms with E-state index in [0.717, 1.165) is 12.1 Å². The van der Waals surface area contributed by atoms with Crippen LogP contribution in [-0.2, 0) is 14.8 Å². The molecule has 1 aromatic rings. The van der Waals surface area contributed by atoms with Crippen LogP contribution in [0.15, 0.2) is 17.0 Å². The van der Waals surface area contributed by atoms with Gasteiger partial charge >= 0.3 is 0 Å². The summed E-state index contributed by atoms with van der Waals surface area (Å²) in [4.78, 5) is 1.10. The third-order valence-electron chi connectivity index (χ3n) is 2.53. The molecule has 120 valence electrons. The number of nitrogen functional groups attached to an aromatic ring is 1. The molecule has 9 heteroatoms. The van der Waals surface area contributed by atoms with Crippen LogP contribution in [0.5, 0.6) is 0 Å². The van der Waals surface area contributed by atoms with E-state index >= 15 is 0 Å². The smallest absolute Gasteiger partial charge is 0.243 e. The Morgan fingerprint density at radius 2 is 1.95 bits per heavy atom. The van der Waals surface area contributed by atoms with Gasteiger partial charge in [0.05, 0.1) is 13.2 Å². The molecule has 1 rings (SSSR count). The second kappa shape index (κ2) is 7.64. The van der Waals surface area contributed by atoms with Crippen LogP contribution in [0.2, 0.25) is 0 Å². The number of anilines is 1. The Kier molecular flexibility index (Phi) is 6.46. The first-order chi connectivity index (χ1) is 9.74. The Balaban J connectivity index is 2.59. The van der Waals surface area contributed by atoms with Gasteiger partial charge in [0.15, 0.2) is 11.6 Å². The van der Waals surface area contributed by atoms with Crippen LogP contribution in [0.1, 0.15) is 0 Å². The first kappa shape index (κ1) is 17.8. The van der Waals surface area contributed by atoms with Crippen LogP contribution in [0.3, 0.4) is 0 Å². The van der Waals surface area contributed by atoms with E-state index in [-0.39, 0.29) is 18.8 Å². The summed E-state index contributed by atoms with van der Waals surface area (Å²) in [6.45, 7) is 1.21. The van der Waals surface area contributed by atoms with Crippen molar-refractivity contribution in [3.8, 4) is 0 Å². The van der Waals surface area contributed by atoms with E-state index in [1.165, 1.54) is 0 Å². The predicted molar refractivity (Wildman–Crippen MR) is 75.3 cm³/mol. The normalized spacial score (nSPS) is 12.0. The van der Waals surface area contributed by atoms with Gasteiger partial charge in [-0.3, -0.25) is 0 Å². The minimum Gasteiger partial charge on any atom is -0.399 e. The highest BCUT2D eigenvalue weighted by atomic mass is 32.2. The van der Waals surface area contributed by atoms with Gasteiger partial charge in [0, 0.05) is 18.8 Å². The summed E-state index contributed by atoms with van der Waals surface area (Å²) in [5.41, 5.74) is 5.15. The van der Waals surface area contributed by atoms with Crippen LogP contribution in [-0.4, -0.2) is 53.7 Å². The topological polar surface area (TPSA) is 84.7 Å². The van der Waals surface area contributed by atoms with E-state index in [1.807, 2.05) is 19.0 Å². The van der Waals surface area contributed by atoms with Crippen molar-refractivity contribution in [2.75, 3.05) is 46.1 Å². The SMILES string of the molecule is CN(C)CCOCCNS(=O)(=O)c1cc(N)cc(F)c1F. The van der Waals surface area contributed by atoms with E-state index in [4.69, 9.17) is 10.5 Å². The fourth-order valence-corrected chi connectivity index (χ4v) is 2.59. The van der Waals surface area contributed by atoms with Crippen molar-refractivity contribution in [3.05, 3.63) is 23.8 Å². The van der Waals surface area contributed by atoms with Crippen molar-refractivity contribution in [1.82, 2.24) is 9.62 Å². The lowest BCUT2D eigenvalue weighted by molar-refractivity contribution is 0.122. The van der Waals surface area contributed by atoms with E-state index in [0.29, 0.717) is 13.2 Å². The van der Waals surface area contributed by atoms with Gasteiger partial charge in [0.2, 0.25) is 10.0 Å². The van der Waals surface area contributed by atoms with Crippen molar-refractivity contribution < 1.29 is 21.9 Å². The molecule has 21 heavy (non-hydrogen) atoms. The van der Waals surface area contributed by atoms with Gasteiger partial charge in [-0.15, -0.1) is 0 Å². The molecule has 0 saturated heterocycles. The molecule has 1 aromatic carbocycles. The molecule has 0 radical (unpaired) electrons. The van der Waals surface area contributed by atoms with Crippen LogP contribution >= 0.6 is 0 Å². The average Bonchev–Trinajstić information content (AvgIpc) is 2.37. The lowest BCUT2D eigenvalue weighted by Gasteiger charge is -2.11. The molecule has 0 spiro atoms. The van der Waals surface area contributed by atoms with Crippen LogP contribution in [0, 0.1) is 11.6 Å². The molecule has 0 fully saturated rings. The number of hydrogen-bond donors (Lipinski definition) is 2. The highest BCUT2D eigenvalue weighted by Gasteiger charge is 2.22. The lowest BCUT2D eigenvalue weighted by Crippen LogP contribution is -2.29.